The molecule has 0 amide bonds. The van der Waals surface area contributed by atoms with E-state index < -0.39 is 0 Å². The highest BCUT2D eigenvalue weighted by atomic mass is 32.1. The Labute approximate surface area is 111 Å². The lowest BCUT2D eigenvalue weighted by atomic mass is 10.1. The number of hydrogen-bond acceptors (Lipinski definition) is 1. The summed E-state index contributed by atoms with van der Waals surface area (Å²) in [5, 5.41) is 2.42. The Hall–Kier alpha value is -1.86. The highest BCUT2D eigenvalue weighted by Crippen LogP contribution is 2.15. The lowest BCUT2D eigenvalue weighted by Crippen LogP contribution is -2.19. The molecule has 0 aliphatic carbocycles. The predicted octanol–water partition coefficient (Wildman–Crippen LogP) is 3.53. The van der Waals surface area contributed by atoms with Crippen molar-refractivity contribution in [3.05, 3.63) is 69.9 Å². The van der Waals surface area contributed by atoms with E-state index in [9.17, 15) is 0 Å². The SMILES string of the molecule is C=c1/c(=C(\C)c2ccccc2)sc2ccccc12. The molecule has 0 saturated heterocycles. The summed E-state index contributed by atoms with van der Waals surface area (Å²) in [6.07, 6.45) is 0. The first-order valence-electron chi connectivity index (χ1n) is 6.00. The number of hydrogen-bond donors (Lipinski definition) is 0. The van der Waals surface area contributed by atoms with Crippen LogP contribution >= 0.6 is 11.3 Å². The van der Waals surface area contributed by atoms with Crippen LogP contribution in [0.25, 0.3) is 22.2 Å². The van der Waals surface area contributed by atoms with Crippen LogP contribution in [-0.4, -0.2) is 0 Å². The lowest BCUT2D eigenvalue weighted by molar-refractivity contribution is 1.54. The molecule has 1 heteroatoms. The van der Waals surface area contributed by atoms with Crippen molar-refractivity contribution in [3.8, 4) is 0 Å². The van der Waals surface area contributed by atoms with Crippen LogP contribution < -0.4 is 9.75 Å². The quantitative estimate of drug-likeness (QED) is 0.620. The molecule has 0 spiro atoms. The smallest absolute Gasteiger partial charge is 0.0384 e. The molecule has 0 aliphatic heterocycles. The van der Waals surface area contributed by atoms with Crippen molar-refractivity contribution in [2.24, 2.45) is 0 Å². The van der Waals surface area contributed by atoms with E-state index in [1.165, 1.54) is 25.8 Å². The number of benzene rings is 2. The summed E-state index contributed by atoms with van der Waals surface area (Å²) in [5.41, 5.74) is 2.58. The van der Waals surface area contributed by atoms with Gasteiger partial charge >= 0.3 is 0 Å². The summed E-state index contributed by atoms with van der Waals surface area (Å²) >= 11 is 1.83. The molecule has 3 aromatic rings. The van der Waals surface area contributed by atoms with Gasteiger partial charge in [-0.05, 0) is 34.7 Å². The van der Waals surface area contributed by atoms with E-state index >= 15 is 0 Å². The first-order valence-corrected chi connectivity index (χ1v) is 6.82. The molecule has 0 unspecified atom stereocenters. The second kappa shape index (κ2) is 4.43. The Kier molecular flexibility index (Phi) is 2.77. The van der Waals surface area contributed by atoms with Gasteiger partial charge in [0.15, 0.2) is 0 Å². The average Bonchev–Trinajstić information content (AvgIpc) is 2.77. The summed E-state index contributed by atoms with van der Waals surface area (Å²) in [5.74, 6) is 0. The minimum atomic E-state index is 1.15. The highest BCUT2D eigenvalue weighted by Gasteiger charge is 2.02. The summed E-state index contributed by atoms with van der Waals surface area (Å²) in [7, 11) is 0. The van der Waals surface area contributed by atoms with Crippen LogP contribution in [0.2, 0.25) is 0 Å². The monoisotopic (exact) mass is 250 g/mol. The maximum atomic E-state index is 4.24. The third kappa shape index (κ3) is 1.77. The van der Waals surface area contributed by atoms with Gasteiger partial charge in [-0.25, -0.2) is 0 Å². The van der Waals surface area contributed by atoms with E-state index in [0.717, 1.165) is 5.22 Å². The molecule has 0 fully saturated rings. The normalized spacial score (nSPS) is 12.7. The fourth-order valence-electron chi connectivity index (χ4n) is 2.22. The minimum Gasteiger partial charge on any atom is -0.135 e. The van der Waals surface area contributed by atoms with Crippen LogP contribution in [-0.2, 0) is 0 Å². The molecule has 0 bridgehead atoms. The van der Waals surface area contributed by atoms with E-state index in [-0.39, 0.29) is 0 Å². The molecule has 18 heavy (non-hydrogen) atoms. The van der Waals surface area contributed by atoms with Crippen LogP contribution in [0.1, 0.15) is 12.5 Å². The van der Waals surface area contributed by atoms with Crippen LogP contribution in [0.5, 0.6) is 0 Å². The summed E-state index contributed by atoms with van der Waals surface area (Å²) in [6.45, 7) is 6.42. The molecule has 0 nitrogen and oxygen atoms in total. The predicted molar refractivity (Wildman–Crippen MR) is 81.2 cm³/mol. The van der Waals surface area contributed by atoms with Gasteiger partial charge in [-0.3, -0.25) is 0 Å². The van der Waals surface area contributed by atoms with Gasteiger partial charge in [0, 0.05) is 9.23 Å². The molecule has 0 N–H and O–H groups in total. The van der Waals surface area contributed by atoms with Crippen molar-refractivity contribution >= 4 is 33.6 Å². The third-order valence-electron chi connectivity index (χ3n) is 3.25. The second-order valence-electron chi connectivity index (χ2n) is 4.40. The summed E-state index contributed by atoms with van der Waals surface area (Å²) in [4.78, 5) is 0. The Morgan fingerprint density at radius 2 is 1.61 bits per heavy atom. The van der Waals surface area contributed by atoms with Gasteiger partial charge in [-0.1, -0.05) is 55.1 Å². The molecule has 0 atom stereocenters. The second-order valence-corrected chi connectivity index (χ2v) is 5.45. The fraction of sp³-hybridized carbons (Fsp3) is 0.0588. The van der Waals surface area contributed by atoms with Crippen molar-refractivity contribution in [3.63, 3.8) is 0 Å². The van der Waals surface area contributed by atoms with E-state index in [1.54, 1.807) is 0 Å². The van der Waals surface area contributed by atoms with E-state index in [0.29, 0.717) is 0 Å². The standard InChI is InChI=1S/C17H14S/c1-12(14-8-4-3-5-9-14)17-13(2)15-10-6-7-11-16(15)18-17/h3-11H,2H2,1H3/b17-12-. The van der Waals surface area contributed by atoms with Crippen LogP contribution in [0.15, 0.2) is 54.6 Å². The van der Waals surface area contributed by atoms with Crippen molar-refractivity contribution in [2.45, 2.75) is 6.92 Å². The van der Waals surface area contributed by atoms with Crippen molar-refractivity contribution in [1.29, 1.82) is 0 Å². The molecule has 0 saturated carbocycles. The molecule has 3 rings (SSSR count). The highest BCUT2D eigenvalue weighted by molar-refractivity contribution is 7.17. The maximum Gasteiger partial charge on any atom is 0.0384 e. The molecule has 1 heterocycles. The first kappa shape index (κ1) is 11.2. The van der Waals surface area contributed by atoms with Crippen molar-refractivity contribution < 1.29 is 0 Å². The van der Waals surface area contributed by atoms with Crippen LogP contribution in [0.4, 0.5) is 0 Å². The molecule has 88 valence electrons. The van der Waals surface area contributed by atoms with E-state index in [2.05, 4.69) is 62.0 Å². The third-order valence-corrected chi connectivity index (χ3v) is 4.58. The van der Waals surface area contributed by atoms with Crippen LogP contribution in [0, 0.1) is 0 Å². The topological polar surface area (TPSA) is 0 Å². The van der Waals surface area contributed by atoms with Gasteiger partial charge in [-0.15, -0.1) is 11.3 Å². The van der Waals surface area contributed by atoms with E-state index in [1.807, 2.05) is 17.4 Å². The number of fused-ring (bicyclic) bond motifs is 1. The van der Waals surface area contributed by atoms with Gasteiger partial charge in [0.05, 0.1) is 0 Å². The fourth-order valence-corrected chi connectivity index (χ4v) is 3.39. The minimum absolute atomic E-state index is 1.15. The Bertz CT molecular complexity index is 794. The molecular formula is C17H14S. The maximum absolute atomic E-state index is 4.24. The zero-order chi connectivity index (χ0) is 12.5. The summed E-state index contributed by atoms with van der Waals surface area (Å²) < 4.78 is 2.61. The molecule has 0 radical (unpaired) electrons. The Balaban J connectivity index is 2.39. The lowest BCUT2D eigenvalue weighted by Gasteiger charge is -1.98. The average molecular weight is 250 g/mol. The summed E-state index contributed by atoms with van der Waals surface area (Å²) in [6, 6.07) is 19.0. The Morgan fingerprint density at radius 3 is 2.33 bits per heavy atom. The van der Waals surface area contributed by atoms with Crippen LogP contribution in [0.3, 0.4) is 0 Å². The largest absolute Gasteiger partial charge is 0.135 e. The zero-order valence-electron chi connectivity index (χ0n) is 10.3. The van der Waals surface area contributed by atoms with Gasteiger partial charge in [0.2, 0.25) is 0 Å². The molecule has 2 aromatic carbocycles. The Morgan fingerprint density at radius 1 is 0.944 bits per heavy atom. The van der Waals surface area contributed by atoms with Gasteiger partial charge in [-0.2, -0.15) is 0 Å². The molecular weight excluding hydrogens is 236 g/mol. The molecule has 0 aliphatic rings. The van der Waals surface area contributed by atoms with Gasteiger partial charge < -0.3 is 0 Å². The zero-order valence-corrected chi connectivity index (χ0v) is 11.1. The van der Waals surface area contributed by atoms with Gasteiger partial charge in [0.1, 0.15) is 0 Å². The van der Waals surface area contributed by atoms with Crippen molar-refractivity contribution in [1.82, 2.24) is 0 Å². The number of rotatable bonds is 1. The number of thiophene rings is 1. The van der Waals surface area contributed by atoms with Crippen molar-refractivity contribution in [2.75, 3.05) is 0 Å². The molecule has 1 aromatic heterocycles. The van der Waals surface area contributed by atoms with E-state index in [4.69, 9.17) is 0 Å². The first-order chi connectivity index (χ1) is 8.77. The van der Waals surface area contributed by atoms with Gasteiger partial charge in [0.25, 0.3) is 0 Å².